The molecule has 0 bridgehead atoms. The van der Waals surface area contributed by atoms with Crippen LogP contribution in [0.5, 0.6) is 0 Å². The highest BCUT2D eigenvalue weighted by Gasteiger charge is 2.11. The Morgan fingerprint density at radius 1 is 1.44 bits per heavy atom. The normalized spacial score (nSPS) is 10.0. The summed E-state index contributed by atoms with van der Waals surface area (Å²) in [6.07, 6.45) is 0. The zero-order valence-corrected chi connectivity index (χ0v) is 10.7. The van der Waals surface area contributed by atoms with Crippen molar-refractivity contribution >= 4 is 34.9 Å². The van der Waals surface area contributed by atoms with Gasteiger partial charge in [-0.05, 0) is 25.1 Å². The minimum absolute atomic E-state index is 0.162. The molecule has 3 nitrogen and oxygen atoms in total. The average molecular weight is 262 g/mol. The molecule has 1 aromatic rings. The predicted molar refractivity (Wildman–Crippen MR) is 66.4 cm³/mol. The third-order valence-electron chi connectivity index (χ3n) is 1.99. The number of ether oxygens (including phenoxy) is 1. The van der Waals surface area contributed by atoms with E-state index in [1.165, 1.54) is 0 Å². The lowest BCUT2D eigenvalue weighted by atomic mass is 10.3. The number of halogens is 2. The largest absolute Gasteiger partial charge is 0.465 e. The summed E-state index contributed by atoms with van der Waals surface area (Å²) in [5.74, 6) is -0.281. The van der Waals surface area contributed by atoms with Crippen LogP contribution in [0.25, 0.3) is 0 Å². The number of likely N-dealkylation sites (N-methyl/N-ethyl adjacent to an activating group) is 1. The molecule has 0 radical (unpaired) electrons. The van der Waals surface area contributed by atoms with Crippen molar-refractivity contribution in [1.29, 1.82) is 0 Å². The van der Waals surface area contributed by atoms with Crippen molar-refractivity contribution in [1.82, 2.24) is 0 Å². The number of rotatable bonds is 4. The van der Waals surface area contributed by atoms with Crippen LogP contribution in [0.2, 0.25) is 10.0 Å². The van der Waals surface area contributed by atoms with Gasteiger partial charge in [-0.25, -0.2) is 0 Å². The first kappa shape index (κ1) is 13.1. The number of carbonyl (C=O) groups excluding carboxylic acids is 1. The number of hydrogen-bond donors (Lipinski definition) is 0. The number of nitrogens with zero attached hydrogens (tertiary/aromatic N) is 1. The van der Waals surface area contributed by atoms with Crippen LogP contribution in [-0.4, -0.2) is 26.2 Å². The van der Waals surface area contributed by atoms with E-state index in [2.05, 4.69) is 0 Å². The van der Waals surface area contributed by atoms with E-state index in [0.29, 0.717) is 16.7 Å². The first-order valence-corrected chi connectivity index (χ1v) is 5.62. The second-order valence-electron chi connectivity index (χ2n) is 3.26. The average Bonchev–Trinajstić information content (AvgIpc) is 2.17. The zero-order valence-electron chi connectivity index (χ0n) is 9.17. The summed E-state index contributed by atoms with van der Waals surface area (Å²) >= 11 is 11.8. The summed E-state index contributed by atoms with van der Waals surface area (Å²) in [6, 6.07) is 5.13. The quantitative estimate of drug-likeness (QED) is 0.781. The van der Waals surface area contributed by atoms with Gasteiger partial charge in [0.15, 0.2) is 0 Å². The lowest BCUT2D eigenvalue weighted by Crippen LogP contribution is -2.27. The van der Waals surface area contributed by atoms with Gasteiger partial charge in [0.05, 0.1) is 17.3 Å². The molecule has 0 saturated heterocycles. The molecule has 0 saturated carbocycles. The van der Waals surface area contributed by atoms with Crippen LogP contribution >= 0.6 is 23.2 Å². The molecule has 0 fully saturated rings. The van der Waals surface area contributed by atoms with E-state index in [9.17, 15) is 4.79 Å². The first-order chi connectivity index (χ1) is 7.54. The van der Waals surface area contributed by atoms with Gasteiger partial charge in [0.1, 0.15) is 6.54 Å². The SMILES string of the molecule is CCOC(=O)CN(C)c1ccc(Cl)cc1Cl. The molecule has 0 aliphatic rings. The number of carbonyl (C=O) groups is 1. The molecule has 0 aliphatic heterocycles. The van der Waals surface area contributed by atoms with Crippen LogP contribution < -0.4 is 4.90 Å². The van der Waals surface area contributed by atoms with E-state index in [0.717, 1.165) is 5.69 Å². The fourth-order valence-electron chi connectivity index (χ4n) is 1.28. The van der Waals surface area contributed by atoms with Crippen molar-refractivity contribution in [2.75, 3.05) is 25.1 Å². The Labute approximate surface area is 105 Å². The maximum Gasteiger partial charge on any atom is 0.325 e. The smallest absolute Gasteiger partial charge is 0.325 e. The maximum atomic E-state index is 11.3. The van der Waals surface area contributed by atoms with E-state index < -0.39 is 0 Å². The molecule has 0 unspecified atom stereocenters. The Morgan fingerprint density at radius 3 is 2.69 bits per heavy atom. The molecule has 0 N–H and O–H groups in total. The van der Waals surface area contributed by atoms with E-state index in [4.69, 9.17) is 27.9 Å². The van der Waals surface area contributed by atoms with Crippen molar-refractivity contribution in [3.05, 3.63) is 28.2 Å². The highest BCUT2D eigenvalue weighted by atomic mass is 35.5. The van der Waals surface area contributed by atoms with Crippen LogP contribution in [0.15, 0.2) is 18.2 Å². The molecule has 0 spiro atoms. The summed E-state index contributed by atoms with van der Waals surface area (Å²) in [5, 5.41) is 1.08. The molecule has 16 heavy (non-hydrogen) atoms. The van der Waals surface area contributed by atoms with Gasteiger partial charge in [0, 0.05) is 12.1 Å². The highest BCUT2D eigenvalue weighted by molar-refractivity contribution is 6.36. The molecule has 0 heterocycles. The summed E-state index contributed by atoms with van der Waals surface area (Å²) in [5.41, 5.74) is 0.749. The third kappa shape index (κ3) is 3.58. The lowest BCUT2D eigenvalue weighted by molar-refractivity contribution is -0.141. The molecule has 0 atom stereocenters. The molecule has 1 aromatic carbocycles. The Balaban J connectivity index is 2.72. The van der Waals surface area contributed by atoms with E-state index in [1.54, 1.807) is 37.1 Å². The van der Waals surface area contributed by atoms with E-state index in [1.807, 2.05) is 0 Å². The van der Waals surface area contributed by atoms with E-state index >= 15 is 0 Å². The molecule has 1 rings (SSSR count). The molecule has 88 valence electrons. The Bertz CT molecular complexity index is 382. The van der Waals surface area contributed by atoms with E-state index in [-0.39, 0.29) is 12.5 Å². The van der Waals surface area contributed by atoms with Gasteiger partial charge >= 0.3 is 5.97 Å². The predicted octanol–water partition coefficient (Wildman–Crippen LogP) is 2.99. The Morgan fingerprint density at radius 2 is 2.12 bits per heavy atom. The first-order valence-electron chi connectivity index (χ1n) is 4.86. The minimum atomic E-state index is -0.281. The van der Waals surface area contributed by atoms with Gasteiger partial charge in [0.2, 0.25) is 0 Å². The van der Waals surface area contributed by atoms with Gasteiger partial charge in [-0.15, -0.1) is 0 Å². The van der Waals surface area contributed by atoms with Crippen molar-refractivity contribution in [2.45, 2.75) is 6.92 Å². The van der Waals surface area contributed by atoms with Crippen molar-refractivity contribution in [3.8, 4) is 0 Å². The monoisotopic (exact) mass is 261 g/mol. The summed E-state index contributed by atoms with van der Waals surface area (Å²) in [4.78, 5) is 13.0. The molecule has 5 heteroatoms. The Hall–Kier alpha value is -0.930. The fourth-order valence-corrected chi connectivity index (χ4v) is 1.83. The summed E-state index contributed by atoms with van der Waals surface area (Å²) in [7, 11) is 1.77. The second-order valence-corrected chi connectivity index (χ2v) is 4.10. The molecule has 0 aliphatic carbocycles. The molecule has 0 amide bonds. The summed E-state index contributed by atoms with van der Waals surface area (Å²) in [6.45, 7) is 2.31. The number of benzene rings is 1. The van der Waals surface area contributed by atoms with Gasteiger partial charge in [-0.1, -0.05) is 23.2 Å². The van der Waals surface area contributed by atoms with Crippen molar-refractivity contribution in [3.63, 3.8) is 0 Å². The van der Waals surface area contributed by atoms with Crippen molar-refractivity contribution < 1.29 is 9.53 Å². The van der Waals surface area contributed by atoms with Crippen LogP contribution in [0, 0.1) is 0 Å². The van der Waals surface area contributed by atoms with Gasteiger partial charge in [-0.3, -0.25) is 4.79 Å². The van der Waals surface area contributed by atoms with Crippen molar-refractivity contribution in [2.24, 2.45) is 0 Å². The standard InChI is InChI=1S/C11H13Cl2NO2/c1-3-16-11(15)7-14(2)10-5-4-8(12)6-9(10)13/h4-6H,3,7H2,1-2H3. The van der Waals surface area contributed by atoms with Crippen LogP contribution in [0.3, 0.4) is 0 Å². The van der Waals surface area contributed by atoms with Crippen LogP contribution in [-0.2, 0) is 9.53 Å². The van der Waals surface area contributed by atoms with Crippen LogP contribution in [0.4, 0.5) is 5.69 Å². The van der Waals surface area contributed by atoms with Crippen LogP contribution in [0.1, 0.15) is 6.92 Å². The number of hydrogen-bond acceptors (Lipinski definition) is 3. The maximum absolute atomic E-state index is 11.3. The topological polar surface area (TPSA) is 29.5 Å². The second kappa shape index (κ2) is 5.97. The molecule has 0 aromatic heterocycles. The Kier molecular flexibility index (Phi) is 4.90. The van der Waals surface area contributed by atoms with Gasteiger partial charge in [-0.2, -0.15) is 0 Å². The highest BCUT2D eigenvalue weighted by Crippen LogP contribution is 2.27. The lowest BCUT2D eigenvalue weighted by Gasteiger charge is -2.19. The number of anilines is 1. The zero-order chi connectivity index (χ0) is 12.1. The fraction of sp³-hybridized carbons (Fsp3) is 0.364. The van der Waals surface area contributed by atoms with Gasteiger partial charge in [0.25, 0.3) is 0 Å². The number of esters is 1. The molecular weight excluding hydrogens is 249 g/mol. The summed E-state index contributed by atoms with van der Waals surface area (Å²) < 4.78 is 4.85. The minimum Gasteiger partial charge on any atom is -0.465 e. The third-order valence-corrected chi connectivity index (χ3v) is 2.53. The van der Waals surface area contributed by atoms with Gasteiger partial charge < -0.3 is 9.64 Å². The molecular formula is C11H13Cl2NO2.